The monoisotopic (exact) mass is 379 g/mol. The zero-order chi connectivity index (χ0) is 18.1. The van der Waals surface area contributed by atoms with Crippen LogP contribution >= 0.6 is 23.2 Å². The molecule has 0 fully saturated rings. The second-order valence-electron chi connectivity index (χ2n) is 5.24. The van der Waals surface area contributed by atoms with Gasteiger partial charge in [0, 0.05) is 33.8 Å². The number of benzene rings is 1. The first-order chi connectivity index (χ1) is 11.1. The third-order valence-corrected chi connectivity index (χ3v) is 4.43. The molecule has 1 aromatic carbocycles. The van der Waals surface area contributed by atoms with Crippen LogP contribution in [0.4, 0.5) is 13.2 Å². The number of hydrogen-bond acceptors (Lipinski definition) is 3. The normalized spacial score (nSPS) is 15.7. The summed E-state index contributed by atoms with van der Waals surface area (Å²) in [5, 5.41) is 11.0. The van der Waals surface area contributed by atoms with Crippen LogP contribution in [0, 0.1) is 0 Å². The van der Waals surface area contributed by atoms with Gasteiger partial charge < -0.3 is 9.84 Å². The predicted molar refractivity (Wildman–Crippen MR) is 85.6 cm³/mol. The maximum Gasteiger partial charge on any atom is 0.422 e. The molecule has 2 aromatic rings. The van der Waals surface area contributed by atoms with E-state index in [1.165, 1.54) is 32.2 Å². The van der Waals surface area contributed by atoms with Gasteiger partial charge in [0.15, 0.2) is 5.60 Å². The average Bonchev–Trinajstić information content (AvgIpc) is 2.52. The van der Waals surface area contributed by atoms with Crippen LogP contribution in [0.1, 0.15) is 24.0 Å². The SMILES string of the molecule is COc1cc(C(O)(C(C)c2ccc(Cl)cc2Cl)C(F)(F)F)ccn1. The van der Waals surface area contributed by atoms with Crippen molar-refractivity contribution in [2.45, 2.75) is 24.6 Å². The van der Waals surface area contributed by atoms with Crippen molar-refractivity contribution in [1.29, 1.82) is 0 Å². The smallest absolute Gasteiger partial charge is 0.422 e. The highest BCUT2D eigenvalue weighted by Gasteiger charge is 2.59. The summed E-state index contributed by atoms with van der Waals surface area (Å²) in [6.45, 7) is 1.25. The second kappa shape index (κ2) is 6.78. The summed E-state index contributed by atoms with van der Waals surface area (Å²) in [5.41, 5.74) is -3.45. The molecule has 3 nitrogen and oxygen atoms in total. The zero-order valence-corrected chi connectivity index (χ0v) is 14.2. The van der Waals surface area contributed by atoms with Gasteiger partial charge in [-0.25, -0.2) is 4.98 Å². The molecule has 1 N–H and O–H groups in total. The lowest BCUT2D eigenvalue weighted by Gasteiger charge is -2.37. The van der Waals surface area contributed by atoms with Crippen LogP contribution in [0.3, 0.4) is 0 Å². The van der Waals surface area contributed by atoms with Crippen LogP contribution in [0.25, 0.3) is 0 Å². The summed E-state index contributed by atoms with van der Waals surface area (Å²) in [4.78, 5) is 3.77. The number of ether oxygens (including phenoxy) is 1. The molecule has 8 heteroatoms. The maximum atomic E-state index is 13.8. The molecule has 0 radical (unpaired) electrons. The van der Waals surface area contributed by atoms with Gasteiger partial charge in [-0.05, 0) is 23.8 Å². The number of alkyl halides is 3. The molecule has 0 saturated heterocycles. The van der Waals surface area contributed by atoms with E-state index < -0.39 is 17.7 Å². The van der Waals surface area contributed by atoms with Gasteiger partial charge in [-0.2, -0.15) is 13.2 Å². The fourth-order valence-corrected chi connectivity index (χ4v) is 3.07. The van der Waals surface area contributed by atoms with Crippen LogP contribution in [-0.2, 0) is 5.60 Å². The van der Waals surface area contributed by atoms with E-state index in [9.17, 15) is 18.3 Å². The number of hydrogen-bond donors (Lipinski definition) is 1. The molecule has 0 saturated carbocycles. The quantitative estimate of drug-likeness (QED) is 0.816. The van der Waals surface area contributed by atoms with E-state index in [4.69, 9.17) is 27.9 Å². The van der Waals surface area contributed by atoms with E-state index in [1.54, 1.807) is 0 Å². The van der Waals surface area contributed by atoms with Gasteiger partial charge in [-0.15, -0.1) is 0 Å². The molecule has 2 rings (SSSR count). The topological polar surface area (TPSA) is 42.4 Å². The van der Waals surface area contributed by atoms with Crippen molar-refractivity contribution in [2.75, 3.05) is 7.11 Å². The Labute approximate surface area is 147 Å². The highest BCUT2D eigenvalue weighted by molar-refractivity contribution is 6.35. The molecule has 0 amide bonds. The molecule has 0 aliphatic heterocycles. The number of aromatic nitrogens is 1. The van der Waals surface area contributed by atoms with Crippen molar-refractivity contribution in [3.05, 3.63) is 57.7 Å². The Hall–Kier alpha value is -1.50. The van der Waals surface area contributed by atoms with Crippen LogP contribution in [0.2, 0.25) is 10.0 Å². The van der Waals surface area contributed by atoms with Gasteiger partial charge >= 0.3 is 6.18 Å². The fourth-order valence-electron chi connectivity index (χ4n) is 2.50. The van der Waals surface area contributed by atoms with Crippen molar-refractivity contribution in [2.24, 2.45) is 0 Å². The Balaban J connectivity index is 2.63. The summed E-state index contributed by atoms with van der Waals surface area (Å²) in [6, 6.07) is 6.26. The van der Waals surface area contributed by atoms with Crippen LogP contribution in [0.5, 0.6) is 5.88 Å². The molecule has 0 spiro atoms. The number of halogens is 5. The molecular formula is C16H14Cl2F3NO2. The third-order valence-electron chi connectivity index (χ3n) is 3.87. The molecule has 0 aliphatic carbocycles. The molecule has 2 atom stereocenters. The van der Waals surface area contributed by atoms with Gasteiger partial charge in [0.25, 0.3) is 0 Å². The van der Waals surface area contributed by atoms with Crippen molar-refractivity contribution in [1.82, 2.24) is 4.98 Å². The Morgan fingerprint density at radius 2 is 1.83 bits per heavy atom. The third kappa shape index (κ3) is 3.31. The Morgan fingerprint density at radius 3 is 2.38 bits per heavy atom. The van der Waals surface area contributed by atoms with Gasteiger partial charge in [-0.3, -0.25) is 0 Å². The van der Waals surface area contributed by atoms with Gasteiger partial charge in [-0.1, -0.05) is 36.2 Å². The highest BCUT2D eigenvalue weighted by Crippen LogP contribution is 2.50. The van der Waals surface area contributed by atoms with Crippen LogP contribution in [-0.4, -0.2) is 23.4 Å². The Morgan fingerprint density at radius 1 is 1.17 bits per heavy atom. The first-order valence-electron chi connectivity index (χ1n) is 6.85. The standard InChI is InChI=1S/C16H14Cl2F3NO2/c1-9(12-4-3-11(17)8-13(12)18)15(23,16(19,20)21)10-5-6-22-14(7-10)24-2/h3-9,23H,1-2H3. The molecule has 24 heavy (non-hydrogen) atoms. The van der Waals surface area contributed by atoms with Crippen molar-refractivity contribution in [3.63, 3.8) is 0 Å². The minimum atomic E-state index is -4.96. The minimum Gasteiger partial charge on any atom is -0.481 e. The largest absolute Gasteiger partial charge is 0.481 e. The van der Waals surface area contributed by atoms with E-state index in [0.717, 1.165) is 18.3 Å². The maximum absolute atomic E-state index is 13.8. The van der Waals surface area contributed by atoms with E-state index in [1.807, 2.05) is 0 Å². The number of methoxy groups -OCH3 is 1. The van der Waals surface area contributed by atoms with Crippen LogP contribution in [0.15, 0.2) is 36.5 Å². The number of nitrogens with zero attached hydrogens (tertiary/aromatic N) is 1. The minimum absolute atomic E-state index is 0.0374. The highest BCUT2D eigenvalue weighted by atomic mass is 35.5. The first kappa shape index (κ1) is 18.8. The molecule has 1 heterocycles. The summed E-state index contributed by atoms with van der Waals surface area (Å²) in [6.07, 6.45) is -3.82. The van der Waals surface area contributed by atoms with Gasteiger partial charge in [0.2, 0.25) is 5.88 Å². The van der Waals surface area contributed by atoms with Crippen LogP contribution < -0.4 is 4.74 Å². The van der Waals surface area contributed by atoms with Crippen molar-refractivity contribution >= 4 is 23.2 Å². The van der Waals surface area contributed by atoms with Crippen molar-refractivity contribution in [3.8, 4) is 5.88 Å². The lowest BCUT2D eigenvalue weighted by atomic mass is 9.78. The molecule has 0 aliphatic rings. The Bertz CT molecular complexity index is 740. The number of rotatable bonds is 4. The predicted octanol–water partition coefficient (Wildman–Crippen LogP) is 4.95. The second-order valence-corrected chi connectivity index (χ2v) is 6.08. The van der Waals surface area contributed by atoms with E-state index in [-0.39, 0.29) is 27.1 Å². The van der Waals surface area contributed by atoms with Gasteiger partial charge in [0.1, 0.15) is 0 Å². The van der Waals surface area contributed by atoms with E-state index in [2.05, 4.69) is 4.98 Å². The van der Waals surface area contributed by atoms with Gasteiger partial charge in [0.05, 0.1) is 7.11 Å². The number of pyridine rings is 1. The summed E-state index contributed by atoms with van der Waals surface area (Å²) >= 11 is 11.8. The molecule has 130 valence electrons. The molecular weight excluding hydrogens is 366 g/mol. The first-order valence-corrected chi connectivity index (χ1v) is 7.61. The average molecular weight is 380 g/mol. The fraction of sp³-hybridized carbons (Fsp3) is 0.312. The number of aliphatic hydroxyl groups is 1. The molecule has 2 unspecified atom stereocenters. The lowest BCUT2D eigenvalue weighted by Crippen LogP contribution is -2.46. The lowest BCUT2D eigenvalue weighted by molar-refractivity contribution is -0.274. The molecule has 0 bridgehead atoms. The van der Waals surface area contributed by atoms with E-state index >= 15 is 0 Å². The molecule has 1 aromatic heterocycles. The summed E-state index contributed by atoms with van der Waals surface area (Å²) in [7, 11) is 1.28. The zero-order valence-electron chi connectivity index (χ0n) is 12.7. The van der Waals surface area contributed by atoms with E-state index in [0.29, 0.717) is 0 Å². The summed E-state index contributed by atoms with van der Waals surface area (Å²) < 4.78 is 46.2. The Kier molecular flexibility index (Phi) is 5.32. The van der Waals surface area contributed by atoms with Crippen molar-refractivity contribution < 1.29 is 23.0 Å². The summed E-state index contributed by atoms with van der Waals surface area (Å²) in [5.74, 6) is -1.43.